The van der Waals surface area contributed by atoms with Crippen molar-refractivity contribution in [3.63, 3.8) is 0 Å². The van der Waals surface area contributed by atoms with E-state index in [1.54, 1.807) is 0 Å². The average molecular weight is 201 g/mol. The highest BCUT2D eigenvalue weighted by Crippen LogP contribution is 2.24. The maximum Gasteiger partial charge on any atom is 0.407 e. The van der Waals surface area contributed by atoms with Crippen molar-refractivity contribution < 1.29 is 19.4 Å². The van der Waals surface area contributed by atoms with E-state index in [0.29, 0.717) is 12.8 Å². The summed E-state index contributed by atoms with van der Waals surface area (Å²) in [4.78, 5) is 21.8. The van der Waals surface area contributed by atoms with E-state index in [4.69, 9.17) is 5.11 Å². The van der Waals surface area contributed by atoms with Gasteiger partial charge in [0.15, 0.2) is 0 Å². The van der Waals surface area contributed by atoms with Gasteiger partial charge in [0.25, 0.3) is 0 Å². The predicted octanol–water partition coefficient (Wildman–Crippen LogP) is 0.986. The molecule has 0 aromatic heterocycles. The second kappa shape index (κ2) is 4.83. The van der Waals surface area contributed by atoms with Crippen LogP contribution in [0, 0.1) is 5.92 Å². The van der Waals surface area contributed by atoms with Crippen LogP contribution >= 0.6 is 0 Å². The zero-order chi connectivity index (χ0) is 10.6. The maximum atomic E-state index is 10.9. The molecule has 0 saturated heterocycles. The highest BCUT2D eigenvalue weighted by Gasteiger charge is 2.31. The van der Waals surface area contributed by atoms with E-state index < -0.39 is 18.0 Å². The van der Waals surface area contributed by atoms with E-state index in [1.807, 2.05) is 0 Å². The number of amides is 1. The molecule has 2 atom stereocenters. The fourth-order valence-electron chi connectivity index (χ4n) is 1.81. The van der Waals surface area contributed by atoms with Gasteiger partial charge in [0.2, 0.25) is 0 Å². The van der Waals surface area contributed by atoms with Crippen LogP contribution in [0.15, 0.2) is 0 Å². The lowest BCUT2D eigenvalue weighted by Gasteiger charge is -2.28. The molecule has 0 bridgehead atoms. The minimum absolute atomic E-state index is 0.284. The van der Waals surface area contributed by atoms with Gasteiger partial charge in [0, 0.05) is 6.04 Å². The number of carboxylic acids is 1. The SMILES string of the molecule is COC(=O)N[C@@H]1CCCC[C@@H]1C(=O)O. The van der Waals surface area contributed by atoms with Crippen molar-refractivity contribution in [2.45, 2.75) is 31.7 Å². The third-order valence-electron chi connectivity index (χ3n) is 2.57. The number of ether oxygens (including phenoxy) is 1. The Hall–Kier alpha value is -1.26. The molecule has 5 nitrogen and oxygen atoms in total. The van der Waals surface area contributed by atoms with Crippen LogP contribution < -0.4 is 5.32 Å². The molecule has 1 aliphatic carbocycles. The monoisotopic (exact) mass is 201 g/mol. The van der Waals surface area contributed by atoms with Crippen molar-refractivity contribution in [2.75, 3.05) is 7.11 Å². The molecule has 5 heteroatoms. The summed E-state index contributed by atoms with van der Waals surface area (Å²) in [6.07, 6.45) is 2.66. The first-order chi connectivity index (χ1) is 6.65. The maximum absolute atomic E-state index is 10.9. The van der Waals surface area contributed by atoms with Crippen LogP contribution in [-0.2, 0) is 9.53 Å². The highest BCUT2D eigenvalue weighted by atomic mass is 16.5. The molecule has 0 heterocycles. The molecule has 0 aromatic carbocycles. The third kappa shape index (κ3) is 2.61. The van der Waals surface area contributed by atoms with Crippen LogP contribution in [0.2, 0.25) is 0 Å². The van der Waals surface area contributed by atoms with Gasteiger partial charge < -0.3 is 15.2 Å². The lowest BCUT2D eigenvalue weighted by atomic mass is 9.85. The Morgan fingerprint density at radius 3 is 2.57 bits per heavy atom. The number of methoxy groups -OCH3 is 1. The Morgan fingerprint density at radius 1 is 1.36 bits per heavy atom. The number of carbonyl (C=O) groups is 2. The largest absolute Gasteiger partial charge is 0.481 e. The molecule has 1 fully saturated rings. The van der Waals surface area contributed by atoms with Gasteiger partial charge in [-0.05, 0) is 12.8 Å². The first-order valence-electron chi connectivity index (χ1n) is 4.72. The summed E-state index contributed by atoms with van der Waals surface area (Å²) < 4.78 is 4.44. The van der Waals surface area contributed by atoms with Gasteiger partial charge in [0.05, 0.1) is 13.0 Å². The molecule has 1 amide bonds. The summed E-state index contributed by atoms with van der Waals surface area (Å²) in [7, 11) is 1.27. The van der Waals surface area contributed by atoms with Crippen LogP contribution in [0.4, 0.5) is 4.79 Å². The van der Waals surface area contributed by atoms with Gasteiger partial charge in [0.1, 0.15) is 0 Å². The van der Waals surface area contributed by atoms with Crippen molar-refractivity contribution in [3.05, 3.63) is 0 Å². The van der Waals surface area contributed by atoms with E-state index in [1.165, 1.54) is 7.11 Å². The summed E-state index contributed by atoms with van der Waals surface area (Å²) in [5, 5.41) is 11.5. The first-order valence-corrected chi connectivity index (χ1v) is 4.72. The summed E-state index contributed by atoms with van der Waals surface area (Å²) in [5.74, 6) is -1.31. The van der Waals surface area contributed by atoms with E-state index in [2.05, 4.69) is 10.1 Å². The Bertz CT molecular complexity index is 229. The molecule has 0 unspecified atom stereocenters. The Kier molecular flexibility index (Phi) is 3.73. The smallest absolute Gasteiger partial charge is 0.407 e. The molecule has 0 spiro atoms. The van der Waals surface area contributed by atoms with E-state index in [9.17, 15) is 9.59 Å². The average Bonchev–Trinajstić information content (AvgIpc) is 2.18. The van der Waals surface area contributed by atoms with Crippen molar-refractivity contribution >= 4 is 12.1 Å². The van der Waals surface area contributed by atoms with Crippen molar-refractivity contribution in [1.29, 1.82) is 0 Å². The van der Waals surface area contributed by atoms with Crippen LogP contribution in [0.1, 0.15) is 25.7 Å². The Labute approximate surface area is 82.4 Å². The molecule has 1 rings (SSSR count). The molecule has 14 heavy (non-hydrogen) atoms. The molecule has 2 N–H and O–H groups in total. The van der Waals surface area contributed by atoms with Gasteiger partial charge >= 0.3 is 12.1 Å². The van der Waals surface area contributed by atoms with Gasteiger partial charge in [-0.2, -0.15) is 0 Å². The molecule has 0 radical (unpaired) electrons. The second-order valence-electron chi connectivity index (χ2n) is 3.47. The zero-order valence-electron chi connectivity index (χ0n) is 8.16. The summed E-state index contributed by atoms with van der Waals surface area (Å²) in [6.45, 7) is 0. The van der Waals surface area contributed by atoms with Crippen molar-refractivity contribution in [1.82, 2.24) is 5.32 Å². The van der Waals surface area contributed by atoms with Crippen molar-refractivity contribution in [3.8, 4) is 0 Å². The van der Waals surface area contributed by atoms with E-state index >= 15 is 0 Å². The fraction of sp³-hybridized carbons (Fsp3) is 0.778. The predicted molar refractivity (Wildman–Crippen MR) is 48.9 cm³/mol. The molecule has 1 aliphatic rings. The van der Waals surface area contributed by atoms with Crippen LogP contribution in [0.25, 0.3) is 0 Å². The molecule has 0 aromatic rings. The number of hydrogen-bond donors (Lipinski definition) is 2. The summed E-state index contributed by atoms with van der Waals surface area (Å²) in [6, 6.07) is -0.284. The van der Waals surface area contributed by atoms with Crippen LogP contribution in [0.5, 0.6) is 0 Å². The number of carboxylic acid groups (broad SMARTS) is 1. The van der Waals surface area contributed by atoms with Crippen LogP contribution in [-0.4, -0.2) is 30.3 Å². The van der Waals surface area contributed by atoms with Crippen molar-refractivity contribution in [2.24, 2.45) is 5.92 Å². The van der Waals surface area contributed by atoms with E-state index in [0.717, 1.165) is 12.8 Å². The molecule has 1 saturated carbocycles. The highest BCUT2D eigenvalue weighted by molar-refractivity contribution is 5.73. The van der Waals surface area contributed by atoms with Gasteiger partial charge in [-0.1, -0.05) is 12.8 Å². The minimum Gasteiger partial charge on any atom is -0.481 e. The molecular weight excluding hydrogens is 186 g/mol. The standard InChI is InChI=1S/C9H15NO4/c1-14-9(13)10-7-5-3-2-4-6(7)8(11)12/h6-7H,2-5H2,1H3,(H,10,13)(H,11,12)/t6-,7+/m0/s1. The second-order valence-corrected chi connectivity index (χ2v) is 3.47. The molecular formula is C9H15NO4. The molecule has 0 aliphatic heterocycles. The van der Waals surface area contributed by atoms with E-state index in [-0.39, 0.29) is 6.04 Å². The quantitative estimate of drug-likeness (QED) is 0.698. The topological polar surface area (TPSA) is 75.6 Å². The van der Waals surface area contributed by atoms with Gasteiger partial charge in [-0.25, -0.2) is 4.79 Å². The normalized spacial score (nSPS) is 26.6. The number of nitrogens with one attached hydrogen (secondary N) is 1. The summed E-state index contributed by atoms with van der Waals surface area (Å²) >= 11 is 0. The Balaban J connectivity index is 2.54. The lowest BCUT2D eigenvalue weighted by Crippen LogP contribution is -2.45. The Morgan fingerprint density at radius 2 is 2.00 bits per heavy atom. The fourth-order valence-corrected chi connectivity index (χ4v) is 1.81. The number of carbonyl (C=O) groups excluding carboxylic acids is 1. The summed E-state index contributed by atoms with van der Waals surface area (Å²) in [5.41, 5.74) is 0. The number of alkyl carbamates (subject to hydrolysis) is 1. The van der Waals surface area contributed by atoms with Gasteiger partial charge in [-0.3, -0.25) is 4.79 Å². The number of rotatable bonds is 2. The zero-order valence-corrected chi connectivity index (χ0v) is 8.16. The van der Waals surface area contributed by atoms with Gasteiger partial charge in [-0.15, -0.1) is 0 Å². The first kappa shape index (κ1) is 10.8. The van der Waals surface area contributed by atoms with Crippen LogP contribution in [0.3, 0.4) is 0 Å². The minimum atomic E-state index is -0.842. The molecule has 80 valence electrons. The lowest BCUT2D eigenvalue weighted by molar-refractivity contribution is -0.143. The third-order valence-corrected chi connectivity index (χ3v) is 2.57. The number of aliphatic carboxylic acids is 1. The number of hydrogen-bond acceptors (Lipinski definition) is 3.